The molecule has 1 atom stereocenters. The van der Waals surface area contributed by atoms with Crippen molar-refractivity contribution in [2.24, 2.45) is 0 Å². The van der Waals surface area contributed by atoms with Crippen molar-refractivity contribution < 1.29 is 14.4 Å². The Bertz CT molecular complexity index is 173. The third-order valence-corrected chi connectivity index (χ3v) is 1.14. The number of rotatable bonds is 1. The molecule has 0 radical (unpaired) electrons. The Morgan fingerprint density at radius 2 is 2.20 bits per heavy atom. The lowest BCUT2D eigenvalue weighted by Gasteiger charge is -2.17. The van der Waals surface area contributed by atoms with Crippen LogP contribution in [0.2, 0.25) is 0 Å². The second kappa shape index (κ2) is 2.47. The summed E-state index contributed by atoms with van der Waals surface area (Å²) in [6.07, 6.45) is 0.575. The fourth-order valence-electron chi connectivity index (χ4n) is 0.715. The van der Waals surface area contributed by atoms with E-state index in [1.165, 1.54) is 0 Å². The molecule has 0 bridgehead atoms. The molecule has 0 spiro atoms. The van der Waals surface area contributed by atoms with E-state index in [0.29, 0.717) is 6.29 Å². The van der Waals surface area contributed by atoms with E-state index in [1.807, 2.05) is 5.32 Å². The number of aldehydes is 1. The molecular formula is C5H6N2O3. The SMILES string of the molecule is O=C[C@@H]1CC(=O)NC(=O)N1. The van der Waals surface area contributed by atoms with Gasteiger partial charge in [0.15, 0.2) is 0 Å². The molecule has 1 saturated heterocycles. The second-order valence-electron chi connectivity index (χ2n) is 1.97. The normalized spacial score (nSPS) is 25.0. The number of hydrogen-bond donors (Lipinski definition) is 2. The highest BCUT2D eigenvalue weighted by Crippen LogP contribution is 1.93. The van der Waals surface area contributed by atoms with Crippen LogP contribution in [0.25, 0.3) is 0 Å². The molecule has 1 heterocycles. The van der Waals surface area contributed by atoms with Crippen molar-refractivity contribution in [3.8, 4) is 0 Å². The van der Waals surface area contributed by atoms with Crippen LogP contribution in [0.3, 0.4) is 0 Å². The minimum absolute atomic E-state index is 0.0369. The van der Waals surface area contributed by atoms with Crippen LogP contribution in [0.5, 0.6) is 0 Å². The van der Waals surface area contributed by atoms with Gasteiger partial charge >= 0.3 is 6.03 Å². The zero-order valence-corrected chi connectivity index (χ0v) is 5.09. The first-order chi connectivity index (χ1) is 4.72. The Kier molecular flexibility index (Phi) is 1.66. The van der Waals surface area contributed by atoms with E-state index in [1.54, 1.807) is 0 Å². The van der Waals surface area contributed by atoms with Gasteiger partial charge in [0.2, 0.25) is 5.91 Å². The van der Waals surface area contributed by atoms with Crippen LogP contribution in [0, 0.1) is 0 Å². The number of urea groups is 1. The van der Waals surface area contributed by atoms with Gasteiger partial charge in [-0.2, -0.15) is 0 Å². The minimum Gasteiger partial charge on any atom is -0.328 e. The summed E-state index contributed by atoms with van der Waals surface area (Å²) in [5.41, 5.74) is 0. The number of imide groups is 1. The van der Waals surface area contributed by atoms with Crippen LogP contribution in [-0.4, -0.2) is 24.3 Å². The van der Waals surface area contributed by atoms with Crippen LogP contribution in [0.4, 0.5) is 4.79 Å². The van der Waals surface area contributed by atoms with Gasteiger partial charge in [0, 0.05) is 0 Å². The molecule has 5 nitrogen and oxygen atoms in total. The monoisotopic (exact) mass is 142 g/mol. The highest BCUT2D eigenvalue weighted by Gasteiger charge is 2.22. The van der Waals surface area contributed by atoms with Gasteiger partial charge in [-0.15, -0.1) is 0 Å². The van der Waals surface area contributed by atoms with Crippen LogP contribution >= 0.6 is 0 Å². The maximum atomic E-state index is 10.5. The van der Waals surface area contributed by atoms with Crippen molar-refractivity contribution in [1.82, 2.24) is 10.6 Å². The summed E-state index contributed by atoms with van der Waals surface area (Å²) in [5.74, 6) is -0.416. The number of hydrogen-bond acceptors (Lipinski definition) is 3. The molecule has 0 aliphatic carbocycles. The van der Waals surface area contributed by atoms with Crippen molar-refractivity contribution in [2.75, 3.05) is 0 Å². The Morgan fingerprint density at radius 1 is 1.50 bits per heavy atom. The molecule has 0 aromatic rings. The predicted molar refractivity (Wildman–Crippen MR) is 31.1 cm³/mol. The van der Waals surface area contributed by atoms with Crippen LogP contribution in [0.1, 0.15) is 6.42 Å². The smallest absolute Gasteiger partial charge is 0.322 e. The van der Waals surface area contributed by atoms with Gasteiger partial charge in [0.05, 0.1) is 12.5 Å². The highest BCUT2D eigenvalue weighted by molar-refractivity contribution is 5.99. The topological polar surface area (TPSA) is 75.3 Å². The first-order valence-electron chi connectivity index (χ1n) is 2.78. The lowest BCUT2D eigenvalue weighted by Crippen LogP contribution is -2.52. The van der Waals surface area contributed by atoms with Crippen molar-refractivity contribution in [3.63, 3.8) is 0 Å². The lowest BCUT2D eigenvalue weighted by molar-refractivity contribution is -0.123. The highest BCUT2D eigenvalue weighted by atomic mass is 16.2. The molecule has 1 aliphatic rings. The van der Waals surface area contributed by atoms with Gasteiger partial charge in [-0.25, -0.2) is 4.79 Å². The van der Waals surface area contributed by atoms with Crippen LogP contribution in [-0.2, 0) is 9.59 Å². The standard InChI is InChI=1S/C5H6N2O3/c8-2-3-1-4(9)7-5(10)6-3/h2-3H,1H2,(H2,6,7,9,10)/t3-/m0/s1. The van der Waals surface area contributed by atoms with Crippen LogP contribution < -0.4 is 10.6 Å². The summed E-state index contributed by atoms with van der Waals surface area (Å²) in [6.45, 7) is 0. The van der Waals surface area contributed by atoms with Gasteiger partial charge in [0.25, 0.3) is 0 Å². The molecule has 1 fully saturated rings. The number of carbonyl (C=O) groups excluding carboxylic acids is 3. The molecule has 0 saturated carbocycles. The van der Waals surface area contributed by atoms with E-state index < -0.39 is 18.0 Å². The molecule has 10 heavy (non-hydrogen) atoms. The van der Waals surface area contributed by atoms with Gasteiger partial charge < -0.3 is 10.1 Å². The average Bonchev–Trinajstić information content (AvgIpc) is 1.85. The summed E-state index contributed by atoms with van der Waals surface area (Å²) in [4.78, 5) is 31.0. The minimum atomic E-state index is -0.652. The van der Waals surface area contributed by atoms with Gasteiger partial charge in [-0.3, -0.25) is 10.1 Å². The number of amides is 3. The third-order valence-electron chi connectivity index (χ3n) is 1.14. The van der Waals surface area contributed by atoms with Crippen molar-refractivity contribution in [1.29, 1.82) is 0 Å². The molecule has 54 valence electrons. The summed E-state index contributed by atoms with van der Waals surface area (Å²) in [5, 5.41) is 4.25. The molecule has 3 amide bonds. The second-order valence-corrected chi connectivity index (χ2v) is 1.97. The fourth-order valence-corrected chi connectivity index (χ4v) is 0.715. The molecule has 1 rings (SSSR count). The molecule has 2 N–H and O–H groups in total. The van der Waals surface area contributed by atoms with E-state index in [4.69, 9.17) is 0 Å². The molecule has 0 aromatic heterocycles. The average molecular weight is 142 g/mol. The zero-order valence-electron chi connectivity index (χ0n) is 5.09. The molecule has 5 heteroatoms. The van der Waals surface area contributed by atoms with Gasteiger partial charge in [-0.1, -0.05) is 0 Å². The molecule has 0 unspecified atom stereocenters. The van der Waals surface area contributed by atoms with Gasteiger partial charge in [-0.05, 0) is 0 Å². The van der Waals surface area contributed by atoms with Crippen molar-refractivity contribution in [2.45, 2.75) is 12.5 Å². The zero-order chi connectivity index (χ0) is 7.56. The quantitative estimate of drug-likeness (QED) is 0.451. The molecular weight excluding hydrogens is 136 g/mol. The largest absolute Gasteiger partial charge is 0.328 e. The fraction of sp³-hybridized carbons (Fsp3) is 0.400. The number of nitrogens with one attached hydrogen (secondary N) is 2. The Hall–Kier alpha value is -1.39. The summed E-state index contributed by atoms with van der Waals surface area (Å²) >= 11 is 0. The maximum Gasteiger partial charge on any atom is 0.322 e. The summed E-state index contributed by atoms with van der Waals surface area (Å²) < 4.78 is 0. The molecule has 1 aliphatic heterocycles. The van der Waals surface area contributed by atoms with Crippen molar-refractivity contribution >= 4 is 18.2 Å². The van der Waals surface area contributed by atoms with E-state index in [-0.39, 0.29) is 6.42 Å². The van der Waals surface area contributed by atoms with Gasteiger partial charge in [0.1, 0.15) is 6.29 Å². The number of carbonyl (C=O) groups is 3. The Morgan fingerprint density at radius 3 is 2.70 bits per heavy atom. The third kappa shape index (κ3) is 1.31. The first kappa shape index (κ1) is 6.73. The summed E-state index contributed by atoms with van der Waals surface area (Å²) in [6, 6.07) is -1.26. The maximum absolute atomic E-state index is 10.5. The van der Waals surface area contributed by atoms with Crippen LogP contribution in [0.15, 0.2) is 0 Å². The lowest BCUT2D eigenvalue weighted by atomic mass is 10.2. The first-order valence-corrected chi connectivity index (χ1v) is 2.78. The van der Waals surface area contributed by atoms with E-state index in [9.17, 15) is 14.4 Å². The van der Waals surface area contributed by atoms with E-state index in [2.05, 4.69) is 5.32 Å². The Balaban J connectivity index is 2.58. The summed E-state index contributed by atoms with van der Waals surface area (Å²) in [7, 11) is 0. The Labute approximate surface area is 56.8 Å². The van der Waals surface area contributed by atoms with E-state index >= 15 is 0 Å². The molecule has 0 aromatic carbocycles. The predicted octanol–water partition coefficient (Wildman–Crippen LogP) is -1.22. The van der Waals surface area contributed by atoms with E-state index in [0.717, 1.165) is 0 Å². The van der Waals surface area contributed by atoms with Crippen molar-refractivity contribution in [3.05, 3.63) is 0 Å².